The minimum atomic E-state index is -0.180. The molecule has 7 heteroatoms. The molecule has 3 aliphatic rings. The van der Waals surface area contributed by atoms with Gasteiger partial charge in [-0.15, -0.1) is 11.8 Å². The van der Waals surface area contributed by atoms with Crippen LogP contribution in [0.1, 0.15) is 60.1 Å². The average molecular weight is 465 g/mol. The molecule has 3 unspecified atom stereocenters. The molecule has 1 saturated carbocycles. The fourth-order valence-electron chi connectivity index (χ4n) is 4.53. The van der Waals surface area contributed by atoms with E-state index >= 15 is 0 Å². The van der Waals surface area contributed by atoms with Gasteiger partial charge in [0.05, 0.1) is 10.9 Å². The van der Waals surface area contributed by atoms with Crippen LogP contribution in [0.5, 0.6) is 11.5 Å². The molecule has 0 bridgehead atoms. The van der Waals surface area contributed by atoms with Crippen LogP contribution in [0.2, 0.25) is 0 Å². The van der Waals surface area contributed by atoms with Gasteiger partial charge in [0.2, 0.25) is 0 Å². The van der Waals surface area contributed by atoms with Crippen molar-refractivity contribution in [1.29, 1.82) is 0 Å². The Morgan fingerprint density at radius 3 is 2.67 bits per heavy atom. The van der Waals surface area contributed by atoms with Crippen LogP contribution in [0.15, 0.2) is 47.4 Å². The standard InChI is InChI=1S/C26H28N2O4S/c1-16(19-10-11-21-22(15-19)32-13-12-31-21)27-25(29)18-8-6-17(7-9-18)14-24-26(30)28-20-4-2-3-5-23(20)33-24/h6-11,14-16,20,23H,2-5,12-13H2,1H3,(H,27,29)(H,28,30)/b24-14+. The Bertz CT molecular complexity index is 1080. The van der Waals surface area contributed by atoms with Gasteiger partial charge in [-0.2, -0.15) is 0 Å². The fourth-order valence-corrected chi connectivity index (χ4v) is 5.88. The van der Waals surface area contributed by atoms with Crippen molar-refractivity contribution < 1.29 is 19.1 Å². The molecule has 1 saturated heterocycles. The van der Waals surface area contributed by atoms with E-state index in [0.29, 0.717) is 35.8 Å². The highest BCUT2D eigenvalue weighted by Crippen LogP contribution is 2.38. The molecule has 2 N–H and O–H groups in total. The second-order valence-electron chi connectivity index (χ2n) is 8.75. The molecular formula is C26H28N2O4S. The van der Waals surface area contributed by atoms with E-state index in [1.807, 2.05) is 43.3 Å². The largest absolute Gasteiger partial charge is 0.486 e. The molecule has 6 nitrogen and oxygen atoms in total. The van der Waals surface area contributed by atoms with Crippen molar-refractivity contribution in [2.75, 3.05) is 13.2 Å². The summed E-state index contributed by atoms with van der Waals surface area (Å²) in [6, 6.07) is 13.2. The second kappa shape index (κ2) is 9.51. The highest BCUT2D eigenvalue weighted by atomic mass is 32.2. The van der Waals surface area contributed by atoms with Gasteiger partial charge in [-0.05, 0) is 61.2 Å². The molecule has 5 rings (SSSR count). The lowest BCUT2D eigenvalue weighted by atomic mass is 9.94. The number of nitrogens with one attached hydrogen (secondary N) is 2. The quantitative estimate of drug-likeness (QED) is 0.653. The third kappa shape index (κ3) is 4.88. The number of amides is 2. The highest BCUT2D eigenvalue weighted by molar-refractivity contribution is 8.04. The molecule has 2 amide bonds. The third-order valence-corrected chi connectivity index (χ3v) is 7.83. The van der Waals surface area contributed by atoms with Crippen LogP contribution in [-0.2, 0) is 4.79 Å². The molecule has 33 heavy (non-hydrogen) atoms. The first-order valence-corrected chi connectivity index (χ1v) is 12.4. The van der Waals surface area contributed by atoms with Gasteiger partial charge < -0.3 is 20.1 Å². The minimum absolute atomic E-state index is 0.0122. The molecule has 1 aliphatic carbocycles. The zero-order valence-electron chi connectivity index (χ0n) is 18.6. The lowest BCUT2D eigenvalue weighted by molar-refractivity contribution is -0.117. The molecule has 0 spiro atoms. The summed E-state index contributed by atoms with van der Waals surface area (Å²) in [6.45, 7) is 3.02. The predicted molar refractivity (Wildman–Crippen MR) is 130 cm³/mol. The summed E-state index contributed by atoms with van der Waals surface area (Å²) in [5, 5.41) is 6.67. The van der Waals surface area contributed by atoms with Gasteiger partial charge in [0.1, 0.15) is 13.2 Å². The summed E-state index contributed by atoms with van der Waals surface area (Å²) < 4.78 is 11.2. The summed E-state index contributed by atoms with van der Waals surface area (Å²) >= 11 is 1.70. The SMILES string of the molecule is CC(NC(=O)c1ccc(/C=C2/SC3CCCCC3NC2=O)cc1)c1ccc2c(c1)OCCO2. The number of ether oxygens (including phenoxy) is 2. The molecule has 2 fully saturated rings. The number of rotatable bonds is 4. The molecular weight excluding hydrogens is 436 g/mol. The molecule has 172 valence electrons. The average Bonchev–Trinajstić information content (AvgIpc) is 2.84. The summed E-state index contributed by atoms with van der Waals surface area (Å²) in [5.74, 6) is 1.31. The number of fused-ring (bicyclic) bond motifs is 2. The number of thioether (sulfide) groups is 1. The maximum atomic E-state index is 12.8. The van der Waals surface area contributed by atoms with E-state index in [1.165, 1.54) is 12.8 Å². The Morgan fingerprint density at radius 2 is 1.85 bits per heavy atom. The van der Waals surface area contributed by atoms with Crippen LogP contribution in [0, 0.1) is 0 Å². The third-order valence-electron chi connectivity index (χ3n) is 6.41. The van der Waals surface area contributed by atoms with E-state index in [1.54, 1.807) is 23.9 Å². The van der Waals surface area contributed by atoms with E-state index in [2.05, 4.69) is 10.6 Å². The number of carbonyl (C=O) groups excluding carboxylic acids is 2. The van der Waals surface area contributed by atoms with Crippen molar-refractivity contribution in [3.05, 3.63) is 64.1 Å². The van der Waals surface area contributed by atoms with Crippen molar-refractivity contribution in [3.63, 3.8) is 0 Å². The minimum Gasteiger partial charge on any atom is -0.486 e. The van der Waals surface area contributed by atoms with Gasteiger partial charge in [0, 0.05) is 16.9 Å². The fraction of sp³-hybridized carbons (Fsp3) is 0.385. The monoisotopic (exact) mass is 464 g/mol. The van der Waals surface area contributed by atoms with Gasteiger partial charge in [-0.3, -0.25) is 9.59 Å². The maximum Gasteiger partial charge on any atom is 0.257 e. The zero-order chi connectivity index (χ0) is 22.8. The van der Waals surface area contributed by atoms with Crippen molar-refractivity contribution in [3.8, 4) is 11.5 Å². The van der Waals surface area contributed by atoms with Crippen LogP contribution in [0.3, 0.4) is 0 Å². The van der Waals surface area contributed by atoms with Crippen molar-refractivity contribution >= 4 is 29.7 Å². The van der Waals surface area contributed by atoms with Crippen molar-refractivity contribution in [2.24, 2.45) is 0 Å². The molecule has 2 aromatic carbocycles. The summed E-state index contributed by atoms with van der Waals surface area (Å²) in [6.07, 6.45) is 6.56. The molecule has 0 radical (unpaired) electrons. The maximum absolute atomic E-state index is 12.8. The Hall–Kier alpha value is -2.93. The summed E-state index contributed by atoms with van der Waals surface area (Å²) in [7, 11) is 0. The lowest BCUT2D eigenvalue weighted by Gasteiger charge is -2.36. The van der Waals surface area contributed by atoms with E-state index in [4.69, 9.17) is 9.47 Å². The first-order chi connectivity index (χ1) is 16.1. The van der Waals surface area contributed by atoms with Gasteiger partial charge in [-0.25, -0.2) is 0 Å². The normalized spacial score (nSPS) is 23.9. The number of benzene rings is 2. The van der Waals surface area contributed by atoms with Gasteiger partial charge in [-0.1, -0.05) is 31.0 Å². The van der Waals surface area contributed by atoms with Gasteiger partial charge in [0.15, 0.2) is 11.5 Å². The lowest BCUT2D eigenvalue weighted by Crippen LogP contribution is -2.48. The van der Waals surface area contributed by atoms with Gasteiger partial charge >= 0.3 is 0 Å². The smallest absolute Gasteiger partial charge is 0.257 e. The molecule has 2 aliphatic heterocycles. The Balaban J connectivity index is 1.23. The van der Waals surface area contributed by atoms with Crippen LogP contribution in [-0.4, -0.2) is 36.3 Å². The van der Waals surface area contributed by atoms with Crippen molar-refractivity contribution in [2.45, 2.75) is 49.9 Å². The second-order valence-corrected chi connectivity index (χ2v) is 10.0. The molecule has 3 atom stereocenters. The van der Waals surface area contributed by atoms with E-state index < -0.39 is 0 Å². The zero-order valence-corrected chi connectivity index (χ0v) is 19.5. The molecule has 0 aromatic heterocycles. The Kier molecular flexibility index (Phi) is 6.31. The number of hydrogen-bond donors (Lipinski definition) is 2. The van der Waals surface area contributed by atoms with Crippen molar-refractivity contribution in [1.82, 2.24) is 10.6 Å². The Morgan fingerprint density at radius 1 is 1.09 bits per heavy atom. The van der Waals surface area contributed by atoms with Crippen LogP contribution in [0.25, 0.3) is 6.08 Å². The molecule has 2 heterocycles. The number of carbonyl (C=O) groups is 2. The van der Waals surface area contributed by atoms with Gasteiger partial charge in [0.25, 0.3) is 11.8 Å². The van der Waals surface area contributed by atoms with E-state index in [9.17, 15) is 9.59 Å². The predicted octanol–water partition coefficient (Wildman–Crippen LogP) is 4.46. The Labute approximate surface area is 198 Å². The topological polar surface area (TPSA) is 76.7 Å². The highest BCUT2D eigenvalue weighted by Gasteiger charge is 2.34. The number of hydrogen-bond acceptors (Lipinski definition) is 5. The summed E-state index contributed by atoms with van der Waals surface area (Å²) in [5.41, 5.74) is 2.45. The van der Waals surface area contributed by atoms with Crippen LogP contribution in [0.4, 0.5) is 0 Å². The van der Waals surface area contributed by atoms with Crippen LogP contribution < -0.4 is 20.1 Å². The van der Waals surface area contributed by atoms with Crippen LogP contribution >= 0.6 is 11.8 Å². The summed E-state index contributed by atoms with van der Waals surface area (Å²) in [4.78, 5) is 26.0. The first-order valence-electron chi connectivity index (χ1n) is 11.6. The van der Waals surface area contributed by atoms with E-state index in [-0.39, 0.29) is 17.9 Å². The molecule has 2 aromatic rings. The first kappa shape index (κ1) is 21.9. The van der Waals surface area contributed by atoms with E-state index in [0.717, 1.165) is 34.6 Å².